The largest absolute Gasteiger partial charge is 0.426 e. The van der Waals surface area contributed by atoms with Gasteiger partial charge in [-0.15, -0.1) is 0 Å². The minimum absolute atomic E-state index is 0.500. The maximum atomic E-state index is 10.6. The van der Waals surface area contributed by atoms with Gasteiger partial charge in [-0.25, -0.2) is 4.79 Å². The summed E-state index contributed by atoms with van der Waals surface area (Å²) >= 11 is 0. The molecule has 0 aliphatic carbocycles. The molecule has 0 N–H and O–H groups in total. The van der Waals surface area contributed by atoms with E-state index in [0.29, 0.717) is 0 Å². The van der Waals surface area contributed by atoms with E-state index in [-0.39, 0.29) is 0 Å². The van der Waals surface area contributed by atoms with Gasteiger partial charge >= 0.3 is 11.9 Å². The molecular formula is C8H10O4. The van der Waals surface area contributed by atoms with Crippen LogP contribution in [0.1, 0.15) is 20.8 Å². The number of ether oxygens (including phenoxy) is 2. The molecule has 0 saturated carbocycles. The van der Waals surface area contributed by atoms with E-state index in [9.17, 15) is 9.59 Å². The highest BCUT2D eigenvalue weighted by Gasteiger charge is 2.08. The normalized spacial score (nSPS) is 10.6. The van der Waals surface area contributed by atoms with Crippen molar-refractivity contribution in [1.82, 2.24) is 0 Å². The van der Waals surface area contributed by atoms with Gasteiger partial charge in [0.25, 0.3) is 0 Å². The van der Waals surface area contributed by atoms with Crippen molar-refractivity contribution in [3.8, 4) is 11.8 Å². The predicted molar refractivity (Wildman–Crippen MR) is 40.8 cm³/mol. The van der Waals surface area contributed by atoms with Crippen LogP contribution in [0.25, 0.3) is 0 Å². The first-order chi connectivity index (χ1) is 5.56. The van der Waals surface area contributed by atoms with Gasteiger partial charge in [0.2, 0.25) is 6.29 Å². The monoisotopic (exact) mass is 170 g/mol. The molecule has 0 fully saturated rings. The molecule has 4 heteroatoms. The van der Waals surface area contributed by atoms with Crippen molar-refractivity contribution in [1.29, 1.82) is 0 Å². The fourth-order valence-electron chi connectivity index (χ4n) is 0.540. The van der Waals surface area contributed by atoms with Gasteiger partial charge in [0, 0.05) is 19.8 Å². The first-order valence-corrected chi connectivity index (χ1v) is 3.37. The van der Waals surface area contributed by atoms with Crippen LogP contribution in [0.5, 0.6) is 0 Å². The van der Waals surface area contributed by atoms with Crippen LogP contribution in [0, 0.1) is 11.8 Å². The Bertz CT molecular complexity index is 233. The number of carbonyl (C=O) groups is 2. The van der Waals surface area contributed by atoms with Crippen LogP contribution in [-0.2, 0) is 19.1 Å². The SMILES string of the molecule is CC#CC(=O)OC(C)OC(C)=O. The van der Waals surface area contributed by atoms with E-state index in [1.54, 1.807) is 0 Å². The topological polar surface area (TPSA) is 52.6 Å². The molecular weight excluding hydrogens is 160 g/mol. The Morgan fingerprint density at radius 3 is 2.33 bits per heavy atom. The summed E-state index contributed by atoms with van der Waals surface area (Å²) in [5, 5.41) is 0. The molecule has 0 aliphatic rings. The predicted octanol–water partition coefficient (Wildman–Crippen LogP) is 0.462. The molecule has 0 aliphatic heterocycles. The van der Waals surface area contributed by atoms with E-state index in [0.717, 1.165) is 0 Å². The van der Waals surface area contributed by atoms with Crippen LogP contribution >= 0.6 is 0 Å². The summed E-state index contributed by atoms with van der Waals surface area (Å²) in [7, 11) is 0. The Kier molecular flexibility index (Phi) is 4.54. The molecule has 66 valence electrons. The zero-order valence-electron chi connectivity index (χ0n) is 7.21. The minimum atomic E-state index is -0.879. The molecule has 0 heterocycles. The number of rotatable bonds is 2. The summed E-state index contributed by atoms with van der Waals surface area (Å²) in [5.74, 6) is 3.31. The van der Waals surface area contributed by atoms with Crippen molar-refractivity contribution in [2.45, 2.75) is 27.1 Å². The van der Waals surface area contributed by atoms with Gasteiger partial charge in [-0.3, -0.25) is 4.79 Å². The standard InChI is InChI=1S/C8H10O4/c1-4-5-8(10)12-7(3)11-6(2)9/h7H,1-3H3. The summed E-state index contributed by atoms with van der Waals surface area (Å²) in [4.78, 5) is 21.0. The van der Waals surface area contributed by atoms with E-state index in [2.05, 4.69) is 21.3 Å². The summed E-state index contributed by atoms with van der Waals surface area (Å²) in [6.45, 7) is 4.18. The maximum Gasteiger partial charge on any atom is 0.387 e. The van der Waals surface area contributed by atoms with Crippen molar-refractivity contribution in [3.63, 3.8) is 0 Å². The zero-order chi connectivity index (χ0) is 9.56. The average Bonchev–Trinajstić information content (AvgIpc) is 1.84. The van der Waals surface area contributed by atoms with Crippen LogP contribution in [0.3, 0.4) is 0 Å². The summed E-state index contributed by atoms with van der Waals surface area (Å²) in [6.07, 6.45) is -0.879. The number of hydrogen-bond donors (Lipinski definition) is 0. The first kappa shape index (κ1) is 10.5. The highest BCUT2D eigenvalue weighted by molar-refractivity contribution is 5.88. The van der Waals surface area contributed by atoms with Crippen LogP contribution in [0.2, 0.25) is 0 Å². The van der Waals surface area contributed by atoms with Crippen molar-refractivity contribution >= 4 is 11.9 Å². The molecule has 0 radical (unpaired) electrons. The number of carbonyl (C=O) groups excluding carboxylic acids is 2. The van der Waals surface area contributed by atoms with Crippen molar-refractivity contribution < 1.29 is 19.1 Å². The molecule has 4 nitrogen and oxygen atoms in total. The van der Waals surface area contributed by atoms with Gasteiger partial charge in [0.15, 0.2) is 0 Å². The van der Waals surface area contributed by atoms with Crippen LogP contribution in [-0.4, -0.2) is 18.2 Å². The van der Waals surface area contributed by atoms with Gasteiger partial charge in [-0.05, 0) is 6.92 Å². The van der Waals surface area contributed by atoms with Gasteiger partial charge in [-0.1, -0.05) is 5.92 Å². The Labute approximate surface area is 70.8 Å². The smallest absolute Gasteiger partial charge is 0.387 e. The molecule has 0 amide bonds. The van der Waals surface area contributed by atoms with Crippen LogP contribution < -0.4 is 0 Å². The highest BCUT2D eigenvalue weighted by atomic mass is 16.7. The summed E-state index contributed by atoms with van der Waals surface area (Å²) in [6, 6.07) is 0. The molecule has 0 aromatic rings. The summed E-state index contributed by atoms with van der Waals surface area (Å²) < 4.78 is 9.06. The van der Waals surface area contributed by atoms with Crippen molar-refractivity contribution in [2.24, 2.45) is 0 Å². The zero-order valence-corrected chi connectivity index (χ0v) is 7.21. The van der Waals surface area contributed by atoms with Gasteiger partial charge < -0.3 is 9.47 Å². The highest BCUT2D eigenvalue weighted by Crippen LogP contribution is 1.93. The minimum Gasteiger partial charge on any atom is -0.426 e. The molecule has 12 heavy (non-hydrogen) atoms. The fraction of sp³-hybridized carbons (Fsp3) is 0.500. The lowest BCUT2D eigenvalue weighted by molar-refractivity contribution is -0.178. The lowest BCUT2D eigenvalue weighted by atomic mass is 10.6. The molecule has 0 aromatic carbocycles. The second-order valence-electron chi connectivity index (χ2n) is 1.96. The third-order valence-corrected chi connectivity index (χ3v) is 0.832. The quantitative estimate of drug-likeness (QED) is 0.261. The Balaban J connectivity index is 3.81. The van der Waals surface area contributed by atoms with E-state index >= 15 is 0 Å². The Morgan fingerprint density at radius 2 is 1.92 bits per heavy atom. The number of hydrogen-bond acceptors (Lipinski definition) is 4. The molecule has 1 atom stereocenters. The average molecular weight is 170 g/mol. The molecule has 1 unspecified atom stereocenters. The van der Waals surface area contributed by atoms with Crippen molar-refractivity contribution in [3.05, 3.63) is 0 Å². The van der Waals surface area contributed by atoms with E-state index in [4.69, 9.17) is 0 Å². The lowest BCUT2D eigenvalue weighted by Crippen LogP contribution is -2.19. The first-order valence-electron chi connectivity index (χ1n) is 3.37. The Hall–Kier alpha value is -1.50. The van der Waals surface area contributed by atoms with Gasteiger partial charge in [0.05, 0.1) is 0 Å². The third-order valence-electron chi connectivity index (χ3n) is 0.832. The Morgan fingerprint density at radius 1 is 1.33 bits per heavy atom. The molecule has 0 bridgehead atoms. The van der Waals surface area contributed by atoms with Crippen LogP contribution in [0.4, 0.5) is 0 Å². The molecule has 0 saturated heterocycles. The van der Waals surface area contributed by atoms with E-state index < -0.39 is 18.2 Å². The fourth-order valence-corrected chi connectivity index (χ4v) is 0.540. The molecule has 0 rings (SSSR count). The molecule has 0 spiro atoms. The third kappa shape index (κ3) is 5.30. The van der Waals surface area contributed by atoms with E-state index in [1.807, 2.05) is 0 Å². The maximum absolute atomic E-state index is 10.6. The van der Waals surface area contributed by atoms with Gasteiger partial charge in [-0.2, -0.15) is 0 Å². The molecule has 0 aromatic heterocycles. The second-order valence-corrected chi connectivity index (χ2v) is 1.96. The number of esters is 2. The van der Waals surface area contributed by atoms with Crippen LogP contribution in [0.15, 0.2) is 0 Å². The van der Waals surface area contributed by atoms with Crippen molar-refractivity contribution in [2.75, 3.05) is 0 Å². The summed E-state index contributed by atoms with van der Waals surface area (Å²) in [5.41, 5.74) is 0. The lowest BCUT2D eigenvalue weighted by Gasteiger charge is -2.09. The second kappa shape index (κ2) is 5.19. The van der Waals surface area contributed by atoms with Gasteiger partial charge in [0.1, 0.15) is 0 Å². The van der Waals surface area contributed by atoms with E-state index in [1.165, 1.54) is 20.8 Å².